The molecule has 0 unspecified atom stereocenters. The molecule has 37 nitrogen and oxygen atoms in total. The number of nitrogens with two attached hydrogens (primary N) is 4. The number of likely N-dealkylation sites (tertiary alicyclic amines) is 1. The summed E-state index contributed by atoms with van der Waals surface area (Å²) in [6, 6.07) is -1.73. The predicted molar refractivity (Wildman–Crippen MR) is 395 cm³/mol. The number of benzene rings is 2. The second kappa shape index (κ2) is 44.5. The number of aliphatic hydroxyl groups excluding tert-OH is 3. The fraction of sp³-hybridized carbons (Fsp3) is 0.563. The van der Waals surface area contributed by atoms with Gasteiger partial charge in [-0.2, -0.15) is 0 Å². The highest BCUT2D eigenvalue weighted by Gasteiger charge is 2.41. The number of imidazole rings is 1. The first-order chi connectivity index (χ1) is 51.5. The minimum Gasteiger partial charge on any atom is -0.480 e. The number of carbonyl (C=O) groups is 13. The molecule has 2 aromatic carbocycles. The van der Waals surface area contributed by atoms with Gasteiger partial charge < -0.3 is 117 Å². The number of aromatic amines is 2. The van der Waals surface area contributed by atoms with Crippen LogP contribution in [0.15, 0.2) is 78.3 Å². The minimum absolute atomic E-state index is 0.0367. The van der Waals surface area contributed by atoms with Crippen LogP contribution in [0.4, 0.5) is 0 Å². The van der Waals surface area contributed by atoms with Gasteiger partial charge in [-0.1, -0.05) is 103 Å². The van der Waals surface area contributed by atoms with Crippen molar-refractivity contribution in [1.82, 2.24) is 78.3 Å². The monoisotopic (exact) mass is 1510 g/mol. The highest BCUT2D eigenvalue weighted by Crippen LogP contribution is 2.23. The van der Waals surface area contributed by atoms with Gasteiger partial charge in [0.15, 0.2) is 5.96 Å². The summed E-state index contributed by atoms with van der Waals surface area (Å²) in [5.74, 6) is -14.0. The third-order valence-electron chi connectivity index (χ3n) is 18.7. The van der Waals surface area contributed by atoms with Crippen LogP contribution >= 0.6 is 0 Å². The summed E-state index contributed by atoms with van der Waals surface area (Å²) in [5.41, 5.74) is 25.3. The average molecular weight is 1510 g/mol. The molecule has 0 saturated carbocycles. The lowest BCUT2D eigenvalue weighted by Crippen LogP contribution is -2.63. The first-order valence-electron chi connectivity index (χ1n) is 36.2. The predicted octanol–water partition coefficient (Wildman–Crippen LogP) is -4.81. The third kappa shape index (κ3) is 27.0. The molecule has 594 valence electrons. The molecule has 1 saturated heterocycles. The molecular formula is C71H108N20O17. The van der Waals surface area contributed by atoms with E-state index in [1.54, 1.807) is 102 Å². The number of hydrogen-bond acceptors (Lipinski definition) is 20. The number of aromatic nitrogens is 3. The summed E-state index contributed by atoms with van der Waals surface area (Å²) < 4.78 is 0. The Kier molecular flexibility index (Phi) is 36.2. The third-order valence-corrected chi connectivity index (χ3v) is 18.7. The fourth-order valence-corrected chi connectivity index (χ4v) is 11.8. The summed E-state index contributed by atoms with van der Waals surface area (Å²) in [6.45, 7) is 6.92. The summed E-state index contributed by atoms with van der Waals surface area (Å²) in [4.78, 5) is 197. The maximum Gasteiger partial charge on any atom is 0.328 e. The molecule has 25 N–H and O–H groups in total. The van der Waals surface area contributed by atoms with Gasteiger partial charge in [0, 0.05) is 61.3 Å². The molecule has 0 radical (unpaired) electrons. The molecule has 2 aromatic heterocycles. The first-order valence-corrected chi connectivity index (χ1v) is 36.2. The van der Waals surface area contributed by atoms with Gasteiger partial charge >= 0.3 is 5.97 Å². The highest BCUT2D eigenvalue weighted by molar-refractivity contribution is 6.00. The Labute approximate surface area is 625 Å². The topological polar surface area (TPSA) is 599 Å². The van der Waals surface area contributed by atoms with E-state index in [4.69, 9.17) is 22.9 Å². The van der Waals surface area contributed by atoms with Crippen molar-refractivity contribution in [1.29, 1.82) is 0 Å². The maximum atomic E-state index is 15.0. The number of nitrogens with one attached hydrogen (secondary N) is 13. The quantitative estimate of drug-likeness (QED) is 0.0112. The minimum atomic E-state index is -1.82. The molecule has 3 heterocycles. The molecular weight excluding hydrogens is 1400 g/mol. The van der Waals surface area contributed by atoms with Crippen molar-refractivity contribution < 1.29 is 82.8 Å². The van der Waals surface area contributed by atoms with Crippen LogP contribution in [0.1, 0.15) is 116 Å². The van der Waals surface area contributed by atoms with E-state index < -0.39 is 188 Å². The van der Waals surface area contributed by atoms with Crippen molar-refractivity contribution in [3.8, 4) is 0 Å². The van der Waals surface area contributed by atoms with Crippen molar-refractivity contribution >= 4 is 93.7 Å². The van der Waals surface area contributed by atoms with Crippen molar-refractivity contribution in [3.63, 3.8) is 0 Å². The van der Waals surface area contributed by atoms with Gasteiger partial charge in [-0.25, -0.2) is 9.78 Å². The number of rotatable bonds is 46. The second-order valence-electron chi connectivity index (χ2n) is 27.1. The van der Waals surface area contributed by atoms with Crippen LogP contribution in [0.3, 0.4) is 0 Å². The van der Waals surface area contributed by atoms with Crippen LogP contribution in [0.5, 0.6) is 0 Å². The SMILES string of the molecule is CC[C@H](C)[C@H](NC(=O)[C@H](CO)NC(=O)[C@H](Cc1cnc[nH]1)NC(=O)[C@@H](Cc1ccccc1)NC(=O)[C@H](CCCN=C(N)N)NC(=O)[C@H](Cc1c[nH]c2ccccc12)NC(=O)CNC(=O)[C@H](CCCCN)NC(=O)[C@@H]1CCCN1C(=O)[C@@H](N)C(C)C)C(=O)N[C@H](C(=O)N[C@@H](CO)C(=O)N[C@@H](CO)C(=O)O)[C@@H](C)CC. The largest absolute Gasteiger partial charge is 0.480 e. The number of para-hydroxylation sites is 1. The molecule has 0 bridgehead atoms. The van der Waals surface area contributed by atoms with E-state index in [1.807, 2.05) is 5.32 Å². The van der Waals surface area contributed by atoms with E-state index in [2.05, 4.69) is 73.1 Å². The fourth-order valence-electron chi connectivity index (χ4n) is 11.8. The lowest BCUT2D eigenvalue weighted by Gasteiger charge is -2.30. The van der Waals surface area contributed by atoms with Crippen molar-refractivity contribution in [2.75, 3.05) is 46.0 Å². The van der Waals surface area contributed by atoms with Gasteiger partial charge in [0.25, 0.3) is 0 Å². The van der Waals surface area contributed by atoms with Gasteiger partial charge in [0.2, 0.25) is 70.9 Å². The number of guanidine groups is 1. The number of carboxylic acids is 1. The molecule has 14 atom stereocenters. The van der Waals surface area contributed by atoms with Gasteiger partial charge in [-0.3, -0.25) is 62.5 Å². The molecule has 1 aliphatic heterocycles. The summed E-state index contributed by atoms with van der Waals surface area (Å²) >= 11 is 0. The van der Waals surface area contributed by atoms with E-state index in [0.717, 1.165) is 0 Å². The zero-order chi connectivity index (χ0) is 79.7. The van der Waals surface area contributed by atoms with Gasteiger partial charge in [-0.05, 0) is 86.4 Å². The Morgan fingerprint density at radius 2 is 1.09 bits per heavy atom. The Balaban J connectivity index is 1.40. The zero-order valence-electron chi connectivity index (χ0n) is 61.8. The molecule has 108 heavy (non-hydrogen) atoms. The summed E-state index contributed by atoms with van der Waals surface area (Å²) in [7, 11) is 0. The number of carbonyl (C=O) groups excluding carboxylic acids is 12. The van der Waals surface area contributed by atoms with Crippen LogP contribution in [0.25, 0.3) is 10.9 Å². The van der Waals surface area contributed by atoms with E-state index in [0.29, 0.717) is 66.5 Å². The smallest absolute Gasteiger partial charge is 0.328 e. The number of amides is 12. The molecule has 5 rings (SSSR count). The van der Waals surface area contributed by atoms with Crippen LogP contribution in [-0.2, 0) is 81.6 Å². The number of H-pyrrole nitrogens is 2. The molecule has 0 aliphatic carbocycles. The summed E-state index contributed by atoms with van der Waals surface area (Å²) in [5, 5.41) is 68.2. The Hall–Kier alpha value is -10.6. The lowest BCUT2D eigenvalue weighted by atomic mass is 9.94. The molecule has 1 fully saturated rings. The lowest BCUT2D eigenvalue weighted by molar-refractivity contribution is -0.143. The number of unbranched alkanes of at least 4 members (excludes halogenated alkanes) is 1. The van der Waals surface area contributed by atoms with E-state index in [-0.39, 0.29) is 69.8 Å². The summed E-state index contributed by atoms with van der Waals surface area (Å²) in [6.07, 6.45) is 5.85. The van der Waals surface area contributed by atoms with E-state index >= 15 is 4.79 Å². The molecule has 4 aromatic rings. The number of carboxylic acid groups (broad SMARTS) is 1. The van der Waals surface area contributed by atoms with Crippen molar-refractivity contribution in [2.24, 2.45) is 45.7 Å². The van der Waals surface area contributed by atoms with Crippen molar-refractivity contribution in [2.45, 2.75) is 191 Å². The standard InChI is InChI=1S/C71H108N20O17/c1-7-39(5)57(67(104)87-51(34-92)64(101)88-53(36-94)70(107)108)90-68(105)58(40(6)8-2)89-65(102)52(35-93)86-63(100)50(30-43-32-76-37-80-43)85-61(98)48(28-41-18-10-9-11-19-41)84-60(97)47(23-16-26-77-71(74)75)82-62(99)49(29-42-31-78-45-21-13-12-20-44(42)45)81-55(95)33-79-59(96)46(22-14-15-25-72)83-66(103)54-24-17-27-91(54)69(106)56(73)38(3)4/h9-13,18-21,31-32,37-40,46-54,56-58,78,92-94H,7-8,14-17,22-30,33-36,72-73H2,1-6H3,(H,76,80)(H,79,96)(H,81,95)(H,82,99)(H,83,103)(H,84,97)(H,85,98)(H,86,100)(H,87,104)(H,88,101)(H,89,102)(H,90,105)(H,107,108)(H4,74,75,77)/t39-,40-,46-,47-,48+,49-,50-,51-,52-,53-,54-,56-,57-,58-/m0/s1. The maximum absolute atomic E-state index is 15.0. The second-order valence-corrected chi connectivity index (χ2v) is 27.1. The first kappa shape index (κ1) is 88.0. The Morgan fingerprint density at radius 3 is 1.67 bits per heavy atom. The Morgan fingerprint density at radius 1 is 0.583 bits per heavy atom. The van der Waals surface area contributed by atoms with E-state index in [1.165, 1.54) is 17.4 Å². The average Bonchev–Trinajstić information content (AvgIpc) is 1.63. The van der Waals surface area contributed by atoms with Gasteiger partial charge in [0.05, 0.1) is 38.7 Å². The number of aliphatic carboxylic acids is 1. The highest BCUT2D eigenvalue weighted by atomic mass is 16.4. The van der Waals surface area contributed by atoms with Crippen LogP contribution in [0.2, 0.25) is 0 Å². The molecule has 37 heteroatoms. The van der Waals surface area contributed by atoms with E-state index in [9.17, 15) is 78.0 Å². The van der Waals surface area contributed by atoms with Crippen LogP contribution < -0.4 is 81.4 Å². The van der Waals surface area contributed by atoms with Crippen LogP contribution in [-0.4, -0.2) is 242 Å². The number of aliphatic hydroxyl groups is 3. The zero-order valence-corrected chi connectivity index (χ0v) is 61.8. The van der Waals surface area contributed by atoms with Gasteiger partial charge in [-0.15, -0.1) is 0 Å². The number of aliphatic imine (C=N–C) groups is 1. The number of fused-ring (bicyclic) bond motifs is 1. The molecule has 1 aliphatic rings. The Bertz CT molecular complexity index is 3690. The van der Waals surface area contributed by atoms with Crippen LogP contribution in [0, 0.1) is 17.8 Å². The molecule has 0 spiro atoms. The van der Waals surface area contributed by atoms with Gasteiger partial charge in [0.1, 0.15) is 66.5 Å². The normalized spacial score (nSPS) is 16.3. The number of nitrogens with zero attached hydrogens (tertiary/aromatic N) is 3. The molecule has 12 amide bonds. The van der Waals surface area contributed by atoms with Crippen molar-refractivity contribution in [3.05, 3.63) is 90.1 Å². The number of hydrogen-bond donors (Lipinski definition) is 21.